The summed E-state index contributed by atoms with van der Waals surface area (Å²) in [5, 5.41) is 66.4. The third-order valence-corrected chi connectivity index (χ3v) is 41.2. The zero-order chi connectivity index (χ0) is 104. The normalized spacial score (nSPS) is 23.7. The Balaban J connectivity index is 0.000000357. The number of methoxy groups -OCH3 is 2. The van der Waals surface area contributed by atoms with E-state index in [-0.39, 0.29) is 139 Å². The molecule has 3 amide bonds. The van der Waals surface area contributed by atoms with Crippen molar-refractivity contribution in [3.05, 3.63) is 167 Å². The number of ether oxygens (including phenoxy) is 2. The largest absolute Gasteiger partial charge is 0.496 e. The number of benzene rings is 6. The van der Waals surface area contributed by atoms with E-state index in [4.69, 9.17) is 35.1 Å². The predicted octanol–water partition coefficient (Wildman–Crippen LogP) is 15.5. The summed E-state index contributed by atoms with van der Waals surface area (Å²) in [4.78, 5) is 78.8. The molecule has 2 aliphatic heterocycles. The maximum absolute atomic E-state index is 14.5. The first-order chi connectivity index (χ1) is 65.8. The maximum Gasteiger partial charge on any atom is 0.335 e. The molecular formula is C110H178BN11O15SSi2U. The monoisotopic (exact) mass is 2230 g/mol. The molecule has 6 aliphatic carbocycles. The standard InChI is InChI=1S/C52H79N5O7Si.C41H63N3O8Si.C11H18N2.C6H15N.BH.H2S.U/c1-33-43-28-39(52(43,6)7)29-44(33)54-50(61)47-46(34(2)59)45(32-58)64-57(47)30-36-20-17-21-42(48(36)62-11)37-25-38(27-41(26-37)56(10)22-23-63-65(12,13)51(3,4)5)49(60)53-40(31-55(8)9)24-35-18-15-14-16-19-35;1-24-32-20-29(41(32,6)7)21-33(24)42-38(47)36-35(25(2)46)34(23-45)52-44(36)22-26-13-12-14-31(37(26)50-9)27-17-28(39(48)49)19-30(18-27)43(8)15-16-51-53(10,11)40(3,4)5;1-13(2)9-11(12)8-10-6-4-3-5-7-10;1-4-7(5-2)6-3;;;/h14-21,25-27,33-34,39-40,43-47,58-59H,22-24,28-32H2,1-13H3,(H,53,60)(H,54,61);12-14,17-19,24-25,29,32-36,45-46H,15-16,20-23H2,1-11H3,(H,42,47)(H,48,49);3-7,11H,8-9,12H2,1-2H3;4-6H2,1-3H3;1H;1H2;/t33-,34-,39+,40-,43-,44-,45-,46+,47-;24-,25-,29+,32-,33-,34-,35+,36-;11-;;;;/m000..../s1/i;;;;1T;;. The van der Waals surface area contributed by atoms with Crippen LogP contribution in [0.15, 0.2) is 133 Å². The van der Waals surface area contributed by atoms with Crippen LogP contribution in [0.2, 0.25) is 36.3 Å². The van der Waals surface area contributed by atoms with Crippen LogP contribution in [-0.4, -0.2) is 290 Å². The van der Waals surface area contributed by atoms with E-state index in [0.29, 0.717) is 109 Å². The molecule has 31 heteroatoms. The third kappa shape index (κ3) is 31.4. The molecule has 6 aromatic carbocycles. The second kappa shape index (κ2) is 54.1. The van der Waals surface area contributed by atoms with E-state index < -0.39 is 70.9 Å². The van der Waals surface area contributed by atoms with Gasteiger partial charge in [0.2, 0.25) is 11.8 Å². The van der Waals surface area contributed by atoms with Crippen LogP contribution in [0, 0.1) is 89.3 Å². The first-order valence-electron chi connectivity index (χ1n) is 51.2. The summed E-state index contributed by atoms with van der Waals surface area (Å²) in [6.45, 7) is 52.9. The van der Waals surface area contributed by atoms with Gasteiger partial charge in [0.25, 0.3) is 5.91 Å². The number of nitrogens with two attached hydrogens (primary N) is 1. The average molecular weight is 2230 g/mol. The van der Waals surface area contributed by atoms with Gasteiger partial charge < -0.3 is 90.0 Å². The van der Waals surface area contributed by atoms with Crippen LogP contribution in [0.3, 0.4) is 0 Å². The minimum absolute atomic E-state index is 0. The first kappa shape index (κ1) is 122. The number of nitrogens with zero attached hydrogens (tertiary/aromatic N) is 7. The molecule has 10 N–H and O–H groups in total. The molecule has 26 nitrogen and oxygen atoms in total. The number of aliphatic hydroxyl groups excluding tert-OH is 4. The zero-order valence-corrected chi connectivity index (χ0v) is 97.8. The predicted molar refractivity (Wildman–Crippen MR) is 579 cm³/mol. The van der Waals surface area contributed by atoms with Crippen LogP contribution in [0.5, 0.6) is 11.5 Å². The number of hydrogen-bond donors (Lipinski definition) is 9. The van der Waals surface area contributed by atoms with Crippen molar-refractivity contribution >= 4 is 73.6 Å². The summed E-state index contributed by atoms with van der Waals surface area (Å²) in [6, 6.07) is 41.7. The van der Waals surface area contributed by atoms with Crippen molar-refractivity contribution in [2.24, 2.45) is 63.9 Å². The average Bonchev–Trinajstić information content (AvgIpc) is 0.774. The molecule has 8 aliphatic rings. The Hall–Kier alpha value is -6.26. The molecule has 141 heavy (non-hydrogen) atoms. The summed E-state index contributed by atoms with van der Waals surface area (Å²) in [6.07, 6.45) is 2.48. The topological polar surface area (TPSA) is 310 Å². The third-order valence-electron chi connectivity index (χ3n) is 32.1. The number of anilines is 2. The van der Waals surface area contributed by atoms with Crippen molar-refractivity contribution in [3.63, 3.8) is 0 Å². The fourth-order valence-corrected chi connectivity index (χ4v) is 23.4. The van der Waals surface area contributed by atoms with E-state index in [1.54, 1.807) is 50.3 Å². The van der Waals surface area contributed by atoms with Crippen LogP contribution >= 0.6 is 13.5 Å². The van der Waals surface area contributed by atoms with Gasteiger partial charge in [-0.15, -0.1) is 0 Å². The van der Waals surface area contributed by atoms with Gasteiger partial charge in [0.1, 0.15) is 35.8 Å². The van der Waals surface area contributed by atoms with Gasteiger partial charge in [0, 0.05) is 155 Å². The van der Waals surface area contributed by atoms with Gasteiger partial charge in [0.15, 0.2) is 16.6 Å². The van der Waals surface area contributed by atoms with Crippen molar-refractivity contribution < 1.29 is 104 Å². The Bertz CT molecular complexity index is 4900. The number of aromatic carboxylic acids is 1. The molecule has 0 spiro atoms. The number of hydrogen-bond acceptors (Lipinski definition) is 22. The summed E-state index contributed by atoms with van der Waals surface area (Å²) >= 11 is 0. The second-order valence-electron chi connectivity index (χ2n) is 44.8. The van der Waals surface area contributed by atoms with Gasteiger partial charge in [0.05, 0.1) is 71.5 Å². The summed E-state index contributed by atoms with van der Waals surface area (Å²) in [7, 11) is 15.1. The molecular weight excluding hydrogens is 2050 g/mol. The van der Waals surface area contributed by atoms with Crippen molar-refractivity contribution in [2.45, 2.75) is 266 Å². The van der Waals surface area contributed by atoms with Crippen molar-refractivity contribution in [1.82, 2.24) is 40.8 Å². The SMILES string of the molecule is CCN(CC)CC.CN(C)C[C@@H](N)Cc1ccccc1.COc1c(CN2O[C@@H](CO)[C@@H]([C@H](C)O)[C@H]2C(=O)N[C@H]2C[C@H]3C[C@@H]([C@@H]2C)C3(C)C)cccc1-c1cc(C(=O)N[C@@H](Cc2ccccc2)CN(C)C)cc(N(C)CCO[Si](C)(C)C(C)(C)C)c1.COc1c(CN2O[C@@H](CO)[C@@H]([C@H](C)O)[C@H]2C(=O)N[C@H]2C[C@H]3C[C@@H]([C@@H]2C)C3(C)C)cccc1-c1cc(C(=O)O)cc(N(C)CCO[Si](C)(C)C(C)(C)C)c1.S.[3H][B].[U]. The fourth-order valence-electron chi connectivity index (χ4n) is 21.3. The fraction of sp³-hybridized carbons (Fsp3) is 0.636. The maximum atomic E-state index is 14.5. The van der Waals surface area contributed by atoms with E-state index >= 15 is 0 Å². The Morgan fingerprint density at radius 2 is 0.943 bits per heavy atom. The number of para-hydroxylation sites is 2. The Morgan fingerprint density at radius 3 is 1.27 bits per heavy atom. The second-order valence-corrected chi connectivity index (χ2v) is 54.4. The Morgan fingerprint density at radius 1 is 0.567 bits per heavy atom. The smallest absolute Gasteiger partial charge is 0.335 e. The molecule has 6 saturated carbocycles. The number of fused-ring (bicyclic) bond motifs is 4. The minimum Gasteiger partial charge on any atom is -0.496 e. The number of likely N-dealkylation sites (N-methyl/N-ethyl adjacent to an activating group) is 4. The molecule has 14 rings (SSSR count). The number of hydroxylamine groups is 4. The van der Waals surface area contributed by atoms with Gasteiger partial charge in [-0.2, -0.15) is 23.6 Å². The van der Waals surface area contributed by atoms with Gasteiger partial charge in [-0.1, -0.05) is 201 Å². The summed E-state index contributed by atoms with van der Waals surface area (Å²) < 4.78 is 30.5. The van der Waals surface area contributed by atoms with Gasteiger partial charge in [-0.3, -0.25) is 24.1 Å². The number of carbonyl (C=O) groups is 4. The molecule has 6 aromatic rings. The van der Waals surface area contributed by atoms with E-state index in [1.165, 1.54) is 38.0 Å². The first-order valence-corrected chi connectivity index (χ1v) is 56.4. The van der Waals surface area contributed by atoms with E-state index in [2.05, 4.69) is 216 Å². The molecule has 0 unspecified atom stereocenters. The molecule has 4 bridgehead atoms. The Labute approximate surface area is 882 Å². The molecule has 8 fully saturated rings. The van der Waals surface area contributed by atoms with Crippen LogP contribution in [0.4, 0.5) is 11.4 Å². The van der Waals surface area contributed by atoms with Crippen molar-refractivity contribution in [3.8, 4) is 33.8 Å². The number of carboxylic acid groups (broad SMARTS) is 1. The number of rotatable bonds is 40. The van der Waals surface area contributed by atoms with E-state index in [0.717, 1.165) is 59.4 Å². The van der Waals surface area contributed by atoms with Gasteiger partial charge >= 0.3 is 5.97 Å². The number of amides is 3. The van der Waals surface area contributed by atoms with Crippen LogP contribution < -0.4 is 41.0 Å². The van der Waals surface area contributed by atoms with Crippen molar-refractivity contribution in [1.29, 1.82) is 1.34 Å². The molecule has 2 saturated heterocycles. The molecule has 2 radical (unpaired) electrons. The molecule has 18 atom stereocenters. The van der Waals surface area contributed by atoms with E-state index in [9.17, 15) is 44.7 Å². The van der Waals surface area contributed by atoms with Crippen LogP contribution in [0.1, 0.15) is 186 Å². The summed E-state index contributed by atoms with van der Waals surface area (Å²) in [5.74, 6) is 0.955. The van der Waals surface area contributed by atoms with Crippen LogP contribution in [0.25, 0.3) is 22.3 Å². The molecule has 784 valence electrons. The number of carbonyl (C=O) groups excluding carboxylic acids is 3. The van der Waals surface area contributed by atoms with Gasteiger partial charge in [-0.05, 0) is 243 Å². The van der Waals surface area contributed by atoms with Crippen molar-refractivity contribution in [2.75, 3.05) is 139 Å². The summed E-state index contributed by atoms with van der Waals surface area (Å²) in [5.41, 5.74) is 15.6. The van der Waals surface area contributed by atoms with E-state index in [1.807, 2.05) is 126 Å². The quantitative estimate of drug-likeness (QED) is 0.0161. The number of aliphatic hydroxyl groups is 4. The molecule has 2 heterocycles. The minimum atomic E-state index is -1.99. The van der Waals surface area contributed by atoms with Gasteiger partial charge in [-0.25, -0.2) is 4.79 Å². The van der Waals surface area contributed by atoms with Crippen LogP contribution in [-0.2, 0) is 54.0 Å². The Kier molecular flexibility index (Phi) is 46.7. The number of nitrogens with one attached hydrogen (secondary N) is 3. The zero-order valence-electron chi connectivity index (χ0n) is 91.6. The molecule has 0 aromatic heterocycles. The number of carboxylic acids is 1.